The van der Waals surface area contributed by atoms with Crippen molar-refractivity contribution in [3.63, 3.8) is 0 Å². The lowest BCUT2D eigenvalue weighted by Crippen LogP contribution is -2.18. The first-order valence-corrected chi connectivity index (χ1v) is 4.91. The van der Waals surface area contributed by atoms with Gasteiger partial charge in [0.1, 0.15) is 0 Å². The summed E-state index contributed by atoms with van der Waals surface area (Å²) in [6.45, 7) is 0. The van der Waals surface area contributed by atoms with Gasteiger partial charge in [-0.25, -0.2) is 4.98 Å². The average molecular weight is 197 g/mol. The van der Waals surface area contributed by atoms with Crippen LogP contribution in [0.1, 0.15) is 0 Å². The fourth-order valence-corrected chi connectivity index (χ4v) is 1.89. The van der Waals surface area contributed by atoms with E-state index in [0.717, 1.165) is 17.2 Å². The first-order chi connectivity index (χ1) is 7.36. The fourth-order valence-electron chi connectivity index (χ4n) is 1.89. The maximum Gasteiger partial charge on any atom is 0.154 e. The lowest BCUT2D eigenvalue weighted by atomic mass is 10.2. The van der Waals surface area contributed by atoms with Crippen molar-refractivity contribution in [1.82, 2.24) is 4.98 Å². The highest BCUT2D eigenvalue weighted by Crippen LogP contribution is 2.40. The molecule has 1 aromatic heterocycles. The summed E-state index contributed by atoms with van der Waals surface area (Å²) >= 11 is 0. The predicted molar refractivity (Wildman–Crippen MR) is 62.0 cm³/mol. The van der Waals surface area contributed by atoms with E-state index < -0.39 is 0 Å². The zero-order valence-corrected chi connectivity index (χ0v) is 8.44. The van der Waals surface area contributed by atoms with E-state index in [1.54, 1.807) is 6.20 Å². The molecular formula is C12H11N3. The van der Waals surface area contributed by atoms with Crippen molar-refractivity contribution in [3.8, 4) is 0 Å². The topological polar surface area (TPSA) is 28.2 Å². The number of nitrogens with zero attached hydrogens (tertiary/aromatic N) is 2. The molecule has 1 aliphatic heterocycles. The summed E-state index contributed by atoms with van der Waals surface area (Å²) in [5, 5.41) is 3.32. The quantitative estimate of drug-likeness (QED) is 0.703. The van der Waals surface area contributed by atoms with Gasteiger partial charge in [0.25, 0.3) is 0 Å². The van der Waals surface area contributed by atoms with E-state index in [-0.39, 0.29) is 0 Å². The highest BCUT2D eigenvalue weighted by molar-refractivity contribution is 5.89. The molecule has 1 aliphatic rings. The van der Waals surface area contributed by atoms with Crippen molar-refractivity contribution in [2.45, 2.75) is 0 Å². The van der Waals surface area contributed by atoms with E-state index in [1.165, 1.54) is 5.69 Å². The summed E-state index contributed by atoms with van der Waals surface area (Å²) in [5.74, 6) is 0.915. The van der Waals surface area contributed by atoms with Gasteiger partial charge in [-0.1, -0.05) is 12.1 Å². The van der Waals surface area contributed by atoms with Crippen molar-refractivity contribution in [3.05, 3.63) is 42.6 Å². The van der Waals surface area contributed by atoms with Gasteiger partial charge in [0.2, 0.25) is 0 Å². The highest BCUT2D eigenvalue weighted by Gasteiger charge is 2.18. The van der Waals surface area contributed by atoms with Gasteiger partial charge in [-0.05, 0) is 24.3 Å². The SMILES string of the molecule is CN1c2ccccc2Nc2ncccc21. The molecule has 3 heteroatoms. The Hall–Kier alpha value is -2.03. The Balaban J connectivity index is 2.20. The van der Waals surface area contributed by atoms with Crippen molar-refractivity contribution < 1.29 is 0 Å². The van der Waals surface area contributed by atoms with Gasteiger partial charge in [0.15, 0.2) is 5.82 Å². The summed E-state index contributed by atoms with van der Waals surface area (Å²) in [7, 11) is 2.06. The van der Waals surface area contributed by atoms with Crippen LogP contribution in [0, 0.1) is 0 Å². The van der Waals surface area contributed by atoms with E-state index >= 15 is 0 Å². The third kappa shape index (κ3) is 1.16. The van der Waals surface area contributed by atoms with Gasteiger partial charge < -0.3 is 10.2 Å². The minimum Gasteiger partial charge on any atom is -0.340 e. The van der Waals surface area contributed by atoms with Crippen LogP contribution in [0.4, 0.5) is 22.9 Å². The van der Waals surface area contributed by atoms with E-state index in [4.69, 9.17) is 0 Å². The number of aromatic nitrogens is 1. The molecule has 15 heavy (non-hydrogen) atoms. The summed E-state index contributed by atoms with van der Waals surface area (Å²) < 4.78 is 0. The number of anilines is 4. The van der Waals surface area contributed by atoms with Crippen LogP contribution >= 0.6 is 0 Å². The Morgan fingerprint density at radius 1 is 1.07 bits per heavy atom. The molecule has 0 spiro atoms. The molecule has 0 fully saturated rings. The van der Waals surface area contributed by atoms with Crippen molar-refractivity contribution in [2.24, 2.45) is 0 Å². The molecule has 1 N–H and O–H groups in total. The molecule has 0 radical (unpaired) electrons. The number of hydrogen-bond donors (Lipinski definition) is 1. The molecule has 0 bridgehead atoms. The molecule has 1 aromatic carbocycles. The van der Waals surface area contributed by atoms with Crippen LogP contribution in [0.3, 0.4) is 0 Å². The summed E-state index contributed by atoms with van der Waals surface area (Å²) in [5.41, 5.74) is 3.39. The van der Waals surface area contributed by atoms with Crippen LogP contribution in [0.5, 0.6) is 0 Å². The number of pyridine rings is 1. The van der Waals surface area contributed by atoms with E-state index in [2.05, 4.69) is 40.4 Å². The highest BCUT2D eigenvalue weighted by atomic mass is 15.2. The van der Waals surface area contributed by atoms with Crippen LogP contribution in [-0.4, -0.2) is 12.0 Å². The second-order valence-electron chi connectivity index (χ2n) is 3.57. The molecule has 3 rings (SSSR count). The van der Waals surface area contributed by atoms with Gasteiger partial charge in [0, 0.05) is 13.2 Å². The number of nitrogens with one attached hydrogen (secondary N) is 1. The van der Waals surface area contributed by atoms with Gasteiger partial charge in [-0.15, -0.1) is 0 Å². The fraction of sp³-hybridized carbons (Fsp3) is 0.0833. The normalized spacial score (nSPS) is 12.7. The molecule has 0 aliphatic carbocycles. The number of hydrogen-bond acceptors (Lipinski definition) is 3. The Morgan fingerprint density at radius 2 is 1.87 bits per heavy atom. The first kappa shape index (κ1) is 8.29. The zero-order valence-electron chi connectivity index (χ0n) is 8.44. The molecule has 3 nitrogen and oxygen atoms in total. The molecule has 0 atom stereocenters. The molecule has 0 amide bonds. The van der Waals surface area contributed by atoms with E-state index in [9.17, 15) is 0 Å². The smallest absolute Gasteiger partial charge is 0.154 e. The summed E-state index contributed by atoms with van der Waals surface area (Å²) in [4.78, 5) is 6.46. The molecule has 0 unspecified atom stereocenters. The van der Waals surface area contributed by atoms with E-state index in [1.807, 2.05) is 18.2 Å². The van der Waals surface area contributed by atoms with Crippen LogP contribution < -0.4 is 10.2 Å². The second-order valence-corrected chi connectivity index (χ2v) is 3.57. The summed E-state index contributed by atoms with van der Waals surface area (Å²) in [6, 6.07) is 12.2. The first-order valence-electron chi connectivity index (χ1n) is 4.91. The third-order valence-electron chi connectivity index (χ3n) is 2.67. The van der Waals surface area contributed by atoms with Gasteiger partial charge in [-0.3, -0.25) is 0 Å². The monoisotopic (exact) mass is 197 g/mol. The lowest BCUT2D eigenvalue weighted by Gasteiger charge is -2.29. The Kier molecular flexibility index (Phi) is 1.65. The van der Waals surface area contributed by atoms with Crippen molar-refractivity contribution in [2.75, 3.05) is 17.3 Å². The minimum atomic E-state index is 0.915. The average Bonchev–Trinajstić information content (AvgIpc) is 2.30. The van der Waals surface area contributed by atoms with E-state index in [0.29, 0.717) is 0 Å². The number of para-hydroxylation sites is 2. The second kappa shape index (κ2) is 2.98. The molecule has 2 heterocycles. The number of fused-ring (bicyclic) bond motifs is 2. The standard InChI is InChI=1S/C12H11N3/c1-15-10-6-3-2-5-9(10)14-12-11(15)7-4-8-13-12/h2-8H,1H3,(H,13,14). The largest absolute Gasteiger partial charge is 0.340 e. The number of rotatable bonds is 0. The van der Waals surface area contributed by atoms with Crippen LogP contribution in [0.2, 0.25) is 0 Å². The Morgan fingerprint density at radius 3 is 2.80 bits per heavy atom. The maximum absolute atomic E-state index is 4.32. The van der Waals surface area contributed by atoms with Gasteiger partial charge in [-0.2, -0.15) is 0 Å². The third-order valence-corrected chi connectivity index (χ3v) is 2.67. The van der Waals surface area contributed by atoms with Gasteiger partial charge in [0.05, 0.1) is 17.1 Å². The van der Waals surface area contributed by atoms with Crippen molar-refractivity contribution >= 4 is 22.9 Å². The molecule has 74 valence electrons. The van der Waals surface area contributed by atoms with Gasteiger partial charge >= 0.3 is 0 Å². The number of benzene rings is 1. The van der Waals surface area contributed by atoms with Crippen LogP contribution in [-0.2, 0) is 0 Å². The van der Waals surface area contributed by atoms with Crippen LogP contribution in [0.15, 0.2) is 42.6 Å². The molecule has 2 aromatic rings. The Labute approximate surface area is 88.4 Å². The predicted octanol–water partition coefficient (Wildman–Crippen LogP) is 2.91. The maximum atomic E-state index is 4.32. The molecular weight excluding hydrogens is 186 g/mol. The van der Waals surface area contributed by atoms with Crippen LogP contribution in [0.25, 0.3) is 0 Å². The van der Waals surface area contributed by atoms with Crippen molar-refractivity contribution in [1.29, 1.82) is 0 Å². The Bertz CT molecular complexity index is 462. The zero-order chi connectivity index (χ0) is 10.3. The lowest BCUT2D eigenvalue weighted by molar-refractivity contribution is 1.15. The molecule has 0 saturated heterocycles. The molecule has 0 saturated carbocycles. The summed E-state index contributed by atoms with van der Waals surface area (Å²) in [6.07, 6.45) is 1.80. The minimum absolute atomic E-state index is 0.915.